The summed E-state index contributed by atoms with van der Waals surface area (Å²) in [5.41, 5.74) is 2.15. The fourth-order valence-corrected chi connectivity index (χ4v) is 3.93. The predicted octanol–water partition coefficient (Wildman–Crippen LogP) is 2.92. The van der Waals surface area contributed by atoms with Crippen LogP contribution in [0, 0.1) is 0 Å². The van der Waals surface area contributed by atoms with Crippen LogP contribution in [0.2, 0.25) is 0 Å². The first-order chi connectivity index (χ1) is 8.84. The molecule has 1 fully saturated rings. The number of carbonyl (C=O) groups is 1. The Kier molecular flexibility index (Phi) is 3.34. The molecule has 1 aliphatic rings. The number of thiophene rings is 1. The van der Waals surface area contributed by atoms with Gasteiger partial charge in [-0.3, -0.25) is 9.78 Å². The van der Waals surface area contributed by atoms with Crippen LogP contribution < -0.4 is 0 Å². The fraction of sp³-hybridized carbons (Fsp3) is 0.231. The monoisotopic (exact) mass is 276 g/mol. The first-order valence-corrected chi connectivity index (χ1v) is 7.67. The van der Waals surface area contributed by atoms with Gasteiger partial charge in [-0.15, -0.1) is 11.8 Å². The summed E-state index contributed by atoms with van der Waals surface area (Å²) < 4.78 is 0. The van der Waals surface area contributed by atoms with Crippen molar-refractivity contribution in [3.05, 3.63) is 52.5 Å². The molecule has 1 aliphatic heterocycles. The Morgan fingerprint density at radius 2 is 2.33 bits per heavy atom. The molecule has 1 unspecified atom stereocenters. The van der Waals surface area contributed by atoms with Gasteiger partial charge in [-0.1, -0.05) is 6.07 Å². The summed E-state index contributed by atoms with van der Waals surface area (Å²) in [4.78, 5) is 18.2. The van der Waals surface area contributed by atoms with E-state index in [2.05, 4.69) is 21.8 Å². The lowest BCUT2D eigenvalue weighted by atomic mass is 10.2. The van der Waals surface area contributed by atoms with Gasteiger partial charge >= 0.3 is 0 Å². The smallest absolute Gasteiger partial charge is 0.234 e. The minimum atomic E-state index is 0.144. The Balaban J connectivity index is 1.82. The van der Waals surface area contributed by atoms with E-state index in [0.717, 1.165) is 5.69 Å². The number of carbonyl (C=O) groups excluding carboxylic acids is 1. The molecule has 0 radical (unpaired) electrons. The molecular weight excluding hydrogens is 264 g/mol. The number of pyridine rings is 1. The minimum Gasteiger partial charge on any atom is -0.320 e. The van der Waals surface area contributed by atoms with Crippen molar-refractivity contribution in [1.29, 1.82) is 0 Å². The van der Waals surface area contributed by atoms with Crippen molar-refractivity contribution in [2.24, 2.45) is 0 Å². The fourth-order valence-electron chi connectivity index (χ4n) is 1.98. The second kappa shape index (κ2) is 5.12. The number of thioether (sulfide) groups is 1. The van der Waals surface area contributed by atoms with E-state index in [1.54, 1.807) is 29.3 Å². The van der Waals surface area contributed by atoms with Crippen molar-refractivity contribution in [3.63, 3.8) is 0 Å². The number of hydrogen-bond acceptors (Lipinski definition) is 4. The summed E-state index contributed by atoms with van der Waals surface area (Å²) in [7, 11) is 0. The van der Waals surface area contributed by atoms with Crippen molar-refractivity contribution in [3.8, 4) is 0 Å². The van der Waals surface area contributed by atoms with E-state index in [0.29, 0.717) is 12.3 Å². The Bertz CT molecular complexity index is 527. The molecule has 0 aromatic carbocycles. The Hall–Kier alpha value is -1.33. The number of hydrogen-bond donors (Lipinski definition) is 0. The maximum atomic E-state index is 12.0. The summed E-state index contributed by atoms with van der Waals surface area (Å²) >= 11 is 3.36. The van der Waals surface area contributed by atoms with Crippen molar-refractivity contribution in [1.82, 2.24) is 9.88 Å². The minimum absolute atomic E-state index is 0.144. The van der Waals surface area contributed by atoms with Crippen LogP contribution in [-0.4, -0.2) is 21.5 Å². The zero-order valence-corrected chi connectivity index (χ0v) is 11.3. The van der Waals surface area contributed by atoms with Gasteiger partial charge in [-0.05, 0) is 34.5 Å². The summed E-state index contributed by atoms with van der Waals surface area (Å²) in [5.74, 6) is 0.759. The zero-order chi connectivity index (χ0) is 12.4. The maximum Gasteiger partial charge on any atom is 0.234 e. The van der Waals surface area contributed by atoms with Crippen molar-refractivity contribution >= 4 is 29.0 Å². The van der Waals surface area contributed by atoms with Crippen LogP contribution in [0.5, 0.6) is 0 Å². The molecule has 2 aromatic heterocycles. The Labute approximate surface area is 114 Å². The molecule has 0 N–H and O–H groups in total. The molecule has 0 spiro atoms. The number of aromatic nitrogens is 1. The molecule has 0 aliphatic carbocycles. The standard InChI is InChI=1S/C13H12N2OS2/c16-12-9-18-13(10-4-6-17-8-10)15(12)7-11-3-1-2-5-14-11/h1-6,8,13H,7,9H2. The SMILES string of the molecule is O=C1CSC(c2ccsc2)N1Cc1ccccn1. The molecular formula is C13H12N2OS2. The second-order valence-corrected chi connectivity index (χ2v) is 5.91. The van der Waals surface area contributed by atoms with Gasteiger partial charge in [-0.2, -0.15) is 11.3 Å². The van der Waals surface area contributed by atoms with Crippen LogP contribution >= 0.6 is 23.1 Å². The molecule has 3 heterocycles. The van der Waals surface area contributed by atoms with Gasteiger partial charge < -0.3 is 4.90 Å². The van der Waals surface area contributed by atoms with Crippen LogP contribution in [0.3, 0.4) is 0 Å². The third-order valence-electron chi connectivity index (χ3n) is 2.85. The first kappa shape index (κ1) is 11.7. The van der Waals surface area contributed by atoms with Gasteiger partial charge in [0.05, 0.1) is 18.0 Å². The molecule has 2 aromatic rings. The quantitative estimate of drug-likeness (QED) is 0.864. The Morgan fingerprint density at radius 1 is 1.39 bits per heavy atom. The number of amides is 1. The molecule has 3 nitrogen and oxygen atoms in total. The predicted molar refractivity (Wildman–Crippen MR) is 74.3 cm³/mol. The van der Waals surface area contributed by atoms with E-state index in [-0.39, 0.29) is 11.3 Å². The van der Waals surface area contributed by atoms with Gasteiger partial charge in [0.1, 0.15) is 5.37 Å². The van der Waals surface area contributed by atoms with Gasteiger partial charge in [0.25, 0.3) is 0 Å². The molecule has 1 atom stereocenters. The molecule has 1 saturated heterocycles. The summed E-state index contributed by atoms with van der Waals surface area (Å²) in [6, 6.07) is 7.89. The van der Waals surface area contributed by atoms with E-state index in [1.165, 1.54) is 5.56 Å². The third-order valence-corrected chi connectivity index (χ3v) is 4.81. The molecule has 0 saturated carbocycles. The molecule has 0 bridgehead atoms. The van der Waals surface area contributed by atoms with Gasteiger partial charge in [0.15, 0.2) is 0 Å². The largest absolute Gasteiger partial charge is 0.320 e. The summed E-state index contributed by atoms with van der Waals surface area (Å²) in [6.07, 6.45) is 1.77. The highest BCUT2D eigenvalue weighted by Crippen LogP contribution is 2.40. The van der Waals surface area contributed by atoms with Crippen LogP contribution in [-0.2, 0) is 11.3 Å². The number of rotatable bonds is 3. The highest BCUT2D eigenvalue weighted by atomic mass is 32.2. The topological polar surface area (TPSA) is 33.2 Å². The lowest BCUT2D eigenvalue weighted by Crippen LogP contribution is -2.27. The van der Waals surface area contributed by atoms with Crippen molar-refractivity contribution in [2.45, 2.75) is 11.9 Å². The second-order valence-electron chi connectivity index (χ2n) is 4.06. The van der Waals surface area contributed by atoms with Gasteiger partial charge in [-0.25, -0.2) is 0 Å². The van der Waals surface area contributed by atoms with Gasteiger partial charge in [0.2, 0.25) is 5.91 Å². The third kappa shape index (κ3) is 2.28. The highest BCUT2D eigenvalue weighted by molar-refractivity contribution is 8.00. The lowest BCUT2D eigenvalue weighted by molar-refractivity contribution is -0.128. The summed E-state index contributed by atoms with van der Waals surface area (Å²) in [6.45, 7) is 0.590. The van der Waals surface area contributed by atoms with Crippen LogP contribution in [0.25, 0.3) is 0 Å². The molecule has 18 heavy (non-hydrogen) atoms. The summed E-state index contributed by atoms with van der Waals surface area (Å²) in [5, 5.41) is 4.31. The average Bonchev–Trinajstić information content (AvgIpc) is 3.02. The van der Waals surface area contributed by atoms with Crippen LogP contribution in [0.15, 0.2) is 41.2 Å². The van der Waals surface area contributed by atoms with Crippen molar-refractivity contribution in [2.75, 3.05) is 5.75 Å². The zero-order valence-electron chi connectivity index (χ0n) is 9.65. The average molecular weight is 276 g/mol. The van der Waals surface area contributed by atoms with Crippen molar-refractivity contribution < 1.29 is 4.79 Å². The van der Waals surface area contributed by atoms with E-state index < -0.39 is 0 Å². The van der Waals surface area contributed by atoms with E-state index in [1.807, 2.05) is 23.1 Å². The number of nitrogens with zero attached hydrogens (tertiary/aromatic N) is 2. The molecule has 92 valence electrons. The maximum absolute atomic E-state index is 12.0. The molecule has 3 rings (SSSR count). The van der Waals surface area contributed by atoms with Crippen LogP contribution in [0.1, 0.15) is 16.6 Å². The normalized spacial score (nSPS) is 19.4. The molecule has 1 amide bonds. The van der Waals surface area contributed by atoms with E-state index in [4.69, 9.17) is 0 Å². The lowest BCUT2D eigenvalue weighted by Gasteiger charge is -2.22. The highest BCUT2D eigenvalue weighted by Gasteiger charge is 2.33. The van der Waals surface area contributed by atoms with Gasteiger partial charge in [0, 0.05) is 6.20 Å². The van der Waals surface area contributed by atoms with Crippen LogP contribution in [0.4, 0.5) is 0 Å². The van der Waals surface area contributed by atoms with E-state index >= 15 is 0 Å². The van der Waals surface area contributed by atoms with E-state index in [9.17, 15) is 4.79 Å². The Morgan fingerprint density at radius 3 is 3.06 bits per heavy atom. The first-order valence-electron chi connectivity index (χ1n) is 5.67. The molecule has 5 heteroatoms.